The van der Waals surface area contributed by atoms with Crippen LogP contribution in [0.15, 0.2) is 28.8 Å². The van der Waals surface area contributed by atoms with E-state index in [9.17, 15) is 14.7 Å². The number of aryl methyl sites for hydroxylation is 1. The van der Waals surface area contributed by atoms with Crippen molar-refractivity contribution >= 4 is 17.7 Å². The molecule has 0 radical (unpaired) electrons. The Morgan fingerprint density at radius 2 is 1.96 bits per heavy atom. The first kappa shape index (κ1) is 16.9. The average Bonchev–Trinajstić information content (AvgIpc) is 3.06. The minimum absolute atomic E-state index is 0.353. The number of aliphatic carboxylic acids is 1. The monoisotopic (exact) mass is 344 g/mol. The summed E-state index contributed by atoms with van der Waals surface area (Å²) < 4.78 is 4.94. The Balaban J connectivity index is 1.82. The largest absolute Gasteiger partial charge is 0.548 e. The van der Waals surface area contributed by atoms with Gasteiger partial charge in [0.05, 0.1) is 12.5 Å². The minimum Gasteiger partial charge on any atom is -0.548 e. The zero-order chi connectivity index (χ0) is 17.8. The van der Waals surface area contributed by atoms with E-state index in [0.29, 0.717) is 49.1 Å². The van der Waals surface area contributed by atoms with Crippen LogP contribution in [0.5, 0.6) is 0 Å². The Hall–Kier alpha value is -2.94. The van der Waals surface area contributed by atoms with Crippen LogP contribution in [0.2, 0.25) is 0 Å². The lowest BCUT2D eigenvalue weighted by Crippen LogP contribution is -2.53. The number of nitrogens with one attached hydrogen (secondary N) is 1. The van der Waals surface area contributed by atoms with Crippen LogP contribution >= 0.6 is 0 Å². The highest BCUT2D eigenvalue weighted by Crippen LogP contribution is 2.22. The number of benzene rings is 1. The van der Waals surface area contributed by atoms with Crippen molar-refractivity contribution in [3.05, 3.63) is 30.2 Å². The van der Waals surface area contributed by atoms with Crippen molar-refractivity contribution in [2.45, 2.75) is 6.92 Å². The van der Waals surface area contributed by atoms with E-state index in [1.807, 2.05) is 0 Å². The fraction of sp³-hybridized carbons (Fsp3) is 0.375. The quantitative estimate of drug-likeness (QED) is 0.804. The number of hydrogen-bond donors (Lipinski definition) is 1. The van der Waals surface area contributed by atoms with Gasteiger partial charge in [-0.1, -0.05) is 5.16 Å². The number of amides is 2. The Morgan fingerprint density at radius 3 is 2.52 bits per heavy atom. The lowest BCUT2D eigenvalue weighted by atomic mass is 10.2. The number of anilines is 1. The van der Waals surface area contributed by atoms with E-state index in [1.165, 1.54) is 4.90 Å². The van der Waals surface area contributed by atoms with E-state index in [4.69, 9.17) is 4.52 Å². The van der Waals surface area contributed by atoms with Gasteiger partial charge >= 0.3 is 6.03 Å². The van der Waals surface area contributed by atoms with Crippen molar-refractivity contribution in [3.8, 4) is 11.4 Å². The molecule has 1 fully saturated rings. The van der Waals surface area contributed by atoms with E-state index >= 15 is 0 Å². The maximum Gasteiger partial charge on any atom is 0.324 e. The molecular formula is C16H18N5O4-. The second-order valence-electron chi connectivity index (χ2n) is 5.66. The van der Waals surface area contributed by atoms with Crippen LogP contribution in [0, 0.1) is 6.92 Å². The van der Waals surface area contributed by atoms with Gasteiger partial charge in [-0.15, -0.1) is 0 Å². The van der Waals surface area contributed by atoms with E-state index in [0.717, 1.165) is 0 Å². The van der Waals surface area contributed by atoms with Crippen LogP contribution in [-0.2, 0) is 4.79 Å². The van der Waals surface area contributed by atoms with Gasteiger partial charge in [0.2, 0.25) is 11.7 Å². The van der Waals surface area contributed by atoms with Crippen molar-refractivity contribution in [3.63, 3.8) is 0 Å². The normalized spacial score (nSPS) is 14.4. The highest BCUT2D eigenvalue weighted by molar-refractivity contribution is 5.96. The lowest BCUT2D eigenvalue weighted by Gasteiger charge is -2.33. The molecule has 0 unspecified atom stereocenters. The number of rotatable bonds is 4. The van der Waals surface area contributed by atoms with Gasteiger partial charge in [-0.05, 0) is 24.3 Å². The van der Waals surface area contributed by atoms with Crippen molar-refractivity contribution in [1.82, 2.24) is 20.4 Å². The average molecular weight is 344 g/mol. The molecule has 0 saturated carbocycles. The number of carbonyl (C=O) groups is 2. The standard InChI is InChI=1S/C16H19N5O4/c1-11-18-15(19-25-11)12-2-4-13(5-3-12)21(10-14(22)23)16(24)20-8-6-17-7-9-20/h2-5,17H,6-10H2,1H3,(H,22,23)/p-1. The summed E-state index contributed by atoms with van der Waals surface area (Å²) in [5, 5.41) is 18.1. The Morgan fingerprint density at radius 1 is 1.28 bits per heavy atom. The molecule has 1 N–H and O–H groups in total. The van der Waals surface area contributed by atoms with Gasteiger partial charge in [-0.3, -0.25) is 4.90 Å². The van der Waals surface area contributed by atoms with E-state index in [1.54, 1.807) is 36.1 Å². The summed E-state index contributed by atoms with van der Waals surface area (Å²) in [6, 6.07) is 6.39. The van der Waals surface area contributed by atoms with Gasteiger partial charge in [0.25, 0.3) is 0 Å². The fourth-order valence-corrected chi connectivity index (χ4v) is 2.63. The van der Waals surface area contributed by atoms with Crippen LogP contribution < -0.4 is 15.3 Å². The maximum absolute atomic E-state index is 12.7. The molecule has 2 heterocycles. The summed E-state index contributed by atoms with van der Waals surface area (Å²) >= 11 is 0. The number of hydrogen-bond acceptors (Lipinski definition) is 7. The van der Waals surface area contributed by atoms with Gasteiger partial charge in [-0.2, -0.15) is 4.98 Å². The third-order valence-corrected chi connectivity index (χ3v) is 3.87. The number of carbonyl (C=O) groups excluding carboxylic acids is 2. The highest BCUT2D eigenvalue weighted by Gasteiger charge is 2.24. The fourth-order valence-electron chi connectivity index (χ4n) is 2.63. The summed E-state index contributed by atoms with van der Waals surface area (Å²) in [6.45, 7) is 3.61. The predicted octanol–water partition coefficient (Wildman–Crippen LogP) is -0.373. The summed E-state index contributed by atoms with van der Waals surface area (Å²) in [7, 11) is 0. The van der Waals surface area contributed by atoms with Crippen LogP contribution in [0.1, 0.15) is 5.89 Å². The van der Waals surface area contributed by atoms with Crippen LogP contribution in [0.4, 0.5) is 10.5 Å². The summed E-state index contributed by atoms with van der Waals surface area (Å²) in [5.41, 5.74) is 1.18. The van der Waals surface area contributed by atoms with Crippen LogP contribution in [0.25, 0.3) is 11.4 Å². The molecule has 0 atom stereocenters. The molecule has 9 nitrogen and oxygen atoms in total. The van der Waals surface area contributed by atoms with Crippen LogP contribution in [-0.4, -0.2) is 59.8 Å². The van der Waals surface area contributed by atoms with Gasteiger partial charge < -0.3 is 24.6 Å². The molecule has 3 rings (SSSR count). The molecule has 9 heteroatoms. The molecule has 1 aromatic heterocycles. The molecule has 1 saturated heterocycles. The highest BCUT2D eigenvalue weighted by atomic mass is 16.5. The molecule has 0 aliphatic carbocycles. The minimum atomic E-state index is -1.32. The maximum atomic E-state index is 12.7. The number of piperazine rings is 1. The molecule has 0 bridgehead atoms. The Kier molecular flexibility index (Phi) is 4.94. The molecule has 1 aliphatic rings. The molecular weight excluding hydrogens is 326 g/mol. The second-order valence-corrected chi connectivity index (χ2v) is 5.66. The van der Waals surface area contributed by atoms with Crippen molar-refractivity contribution in [2.75, 3.05) is 37.6 Å². The first-order valence-corrected chi connectivity index (χ1v) is 7.92. The first-order chi connectivity index (χ1) is 12.0. The van der Waals surface area contributed by atoms with Gasteiger partial charge in [0, 0.05) is 44.4 Å². The van der Waals surface area contributed by atoms with Crippen molar-refractivity contribution in [2.24, 2.45) is 0 Å². The molecule has 2 aromatic rings. The summed E-state index contributed by atoms with van der Waals surface area (Å²) in [4.78, 5) is 30.7. The molecule has 1 aromatic carbocycles. The number of carboxylic acid groups (broad SMARTS) is 1. The number of nitrogens with zero attached hydrogens (tertiary/aromatic N) is 4. The Bertz CT molecular complexity index is 752. The van der Waals surface area contributed by atoms with E-state index in [-0.39, 0.29) is 6.03 Å². The Labute approximate surface area is 144 Å². The van der Waals surface area contributed by atoms with Crippen molar-refractivity contribution in [1.29, 1.82) is 0 Å². The smallest absolute Gasteiger partial charge is 0.324 e. The lowest BCUT2D eigenvalue weighted by molar-refractivity contribution is -0.303. The van der Waals surface area contributed by atoms with Gasteiger partial charge in [0.1, 0.15) is 0 Å². The molecule has 25 heavy (non-hydrogen) atoms. The summed E-state index contributed by atoms with van der Waals surface area (Å²) in [6.07, 6.45) is 0. The van der Waals surface area contributed by atoms with E-state index < -0.39 is 12.5 Å². The molecule has 132 valence electrons. The van der Waals surface area contributed by atoms with Crippen molar-refractivity contribution < 1.29 is 19.2 Å². The SMILES string of the molecule is Cc1nc(-c2ccc(N(CC(=O)[O-])C(=O)N3CCNCC3)cc2)no1. The number of urea groups is 1. The summed E-state index contributed by atoms with van der Waals surface area (Å²) in [5.74, 6) is -0.433. The van der Waals surface area contributed by atoms with Crippen LogP contribution in [0.3, 0.4) is 0 Å². The number of carboxylic acids is 1. The molecule has 0 spiro atoms. The van der Waals surface area contributed by atoms with E-state index in [2.05, 4.69) is 15.5 Å². The third kappa shape index (κ3) is 3.94. The zero-order valence-electron chi connectivity index (χ0n) is 13.8. The zero-order valence-corrected chi connectivity index (χ0v) is 13.8. The van der Waals surface area contributed by atoms with Gasteiger partial charge in [-0.25, -0.2) is 4.79 Å². The predicted molar refractivity (Wildman–Crippen MR) is 86.7 cm³/mol. The first-order valence-electron chi connectivity index (χ1n) is 7.92. The topological polar surface area (TPSA) is 115 Å². The third-order valence-electron chi connectivity index (χ3n) is 3.87. The molecule has 2 amide bonds. The second kappa shape index (κ2) is 7.31. The molecule has 1 aliphatic heterocycles. The number of aromatic nitrogens is 2. The van der Waals surface area contributed by atoms with Gasteiger partial charge in [0.15, 0.2) is 0 Å².